The van der Waals surface area contributed by atoms with Crippen molar-refractivity contribution in [2.24, 2.45) is 0 Å². The van der Waals surface area contributed by atoms with E-state index in [1.807, 2.05) is 13.0 Å². The Labute approximate surface area is 123 Å². The molecule has 0 aliphatic heterocycles. The number of rotatable bonds is 4. The number of halogens is 2. The van der Waals surface area contributed by atoms with Gasteiger partial charge in [0.05, 0.1) is 5.39 Å². The molecule has 0 radical (unpaired) electrons. The summed E-state index contributed by atoms with van der Waals surface area (Å²) in [6, 6.07) is 4.24. The maximum atomic E-state index is 14.1. The average molecular weight is 290 g/mol. The summed E-state index contributed by atoms with van der Waals surface area (Å²) in [6.45, 7) is 2.78. The molecule has 1 fully saturated rings. The van der Waals surface area contributed by atoms with Crippen LogP contribution in [0.1, 0.15) is 50.6 Å². The van der Waals surface area contributed by atoms with Crippen molar-refractivity contribution in [3.63, 3.8) is 0 Å². The standard InChI is InChI=1S/C17H20F2N2/c1-2-9-20-15-10-14(11-5-3-4-6-11)21-17-13(19)8-7-12(18)16(15)17/h7-8,10-11H,2-6,9H2,1H3,(H,20,21). The molecule has 2 nitrogen and oxygen atoms in total. The molecule has 0 atom stereocenters. The molecule has 21 heavy (non-hydrogen) atoms. The first-order valence-electron chi connectivity index (χ1n) is 7.73. The average Bonchev–Trinajstić information content (AvgIpc) is 3.02. The van der Waals surface area contributed by atoms with E-state index in [1.54, 1.807) is 0 Å². The van der Waals surface area contributed by atoms with Crippen molar-refractivity contribution in [2.45, 2.75) is 44.9 Å². The molecule has 3 rings (SSSR count). The van der Waals surface area contributed by atoms with Crippen molar-refractivity contribution in [3.8, 4) is 0 Å². The maximum Gasteiger partial charge on any atom is 0.149 e. The van der Waals surface area contributed by atoms with Crippen LogP contribution in [0.15, 0.2) is 18.2 Å². The number of hydrogen-bond donors (Lipinski definition) is 1. The lowest BCUT2D eigenvalue weighted by atomic mass is 10.0. The molecule has 0 amide bonds. The third-order valence-corrected chi connectivity index (χ3v) is 4.22. The minimum atomic E-state index is -0.453. The number of pyridine rings is 1. The van der Waals surface area contributed by atoms with E-state index in [0.29, 0.717) is 11.6 Å². The van der Waals surface area contributed by atoms with Crippen molar-refractivity contribution in [2.75, 3.05) is 11.9 Å². The van der Waals surface area contributed by atoms with E-state index in [1.165, 1.54) is 18.9 Å². The fourth-order valence-electron chi connectivity index (χ4n) is 3.12. The first-order valence-corrected chi connectivity index (χ1v) is 7.73. The first-order chi connectivity index (χ1) is 10.2. The molecule has 1 N–H and O–H groups in total. The highest BCUT2D eigenvalue weighted by Gasteiger charge is 2.21. The fraction of sp³-hybridized carbons (Fsp3) is 0.471. The van der Waals surface area contributed by atoms with Gasteiger partial charge in [-0.1, -0.05) is 19.8 Å². The maximum absolute atomic E-state index is 14.1. The zero-order chi connectivity index (χ0) is 14.8. The Hall–Kier alpha value is -1.71. The summed E-state index contributed by atoms with van der Waals surface area (Å²) in [6.07, 6.45) is 5.48. The molecule has 2 aromatic rings. The Morgan fingerprint density at radius 1 is 1.19 bits per heavy atom. The molecule has 1 aliphatic rings. The molecular formula is C17H20F2N2. The second kappa shape index (κ2) is 5.96. The van der Waals surface area contributed by atoms with Crippen LogP contribution >= 0.6 is 0 Å². The summed E-state index contributed by atoms with van der Waals surface area (Å²) in [4.78, 5) is 4.43. The van der Waals surface area contributed by atoms with Crippen LogP contribution in [0, 0.1) is 11.6 Å². The zero-order valence-electron chi connectivity index (χ0n) is 12.3. The molecule has 0 spiro atoms. The Morgan fingerprint density at radius 2 is 1.90 bits per heavy atom. The fourth-order valence-corrected chi connectivity index (χ4v) is 3.12. The molecule has 1 heterocycles. The largest absolute Gasteiger partial charge is 0.384 e. The predicted octanol–water partition coefficient (Wildman–Crippen LogP) is 4.99. The number of anilines is 1. The lowest BCUT2D eigenvalue weighted by molar-refractivity contribution is 0.613. The van der Waals surface area contributed by atoms with E-state index in [0.717, 1.165) is 37.6 Å². The van der Waals surface area contributed by atoms with E-state index in [2.05, 4.69) is 10.3 Å². The van der Waals surface area contributed by atoms with Crippen molar-refractivity contribution < 1.29 is 8.78 Å². The van der Waals surface area contributed by atoms with Crippen molar-refractivity contribution in [3.05, 3.63) is 35.5 Å². The third-order valence-electron chi connectivity index (χ3n) is 4.22. The number of aromatic nitrogens is 1. The van der Waals surface area contributed by atoms with Crippen LogP contribution in [-0.2, 0) is 0 Å². The summed E-state index contributed by atoms with van der Waals surface area (Å²) in [7, 11) is 0. The number of nitrogens with one attached hydrogen (secondary N) is 1. The van der Waals surface area contributed by atoms with E-state index >= 15 is 0 Å². The number of benzene rings is 1. The van der Waals surface area contributed by atoms with Gasteiger partial charge in [-0.15, -0.1) is 0 Å². The normalized spacial score (nSPS) is 15.8. The highest BCUT2D eigenvalue weighted by Crippen LogP contribution is 2.37. The zero-order valence-corrected chi connectivity index (χ0v) is 12.3. The van der Waals surface area contributed by atoms with Crippen LogP contribution in [0.3, 0.4) is 0 Å². The smallest absolute Gasteiger partial charge is 0.149 e. The van der Waals surface area contributed by atoms with Crippen molar-refractivity contribution in [1.29, 1.82) is 0 Å². The van der Waals surface area contributed by atoms with Crippen LogP contribution in [0.5, 0.6) is 0 Å². The molecule has 1 aromatic heterocycles. The Bertz CT molecular complexity index is 649. The van der Waals surface area contributed by atoms with Crippen LogP contribution in [0.4, 0.5) is 14.5 Å². The quantitative estimate of drug-likeness (QED) is 0.857. The molecule has 1 aromatic carbocycles. The van der Waals surface area contributed by atoms with Gasteiger partial charge < -0.3 is 5.32 Å². The topological polar surface area (TPSA) is 24.9 Å². The molecule has 1 saturated carbocycles. The minimum absolute atomic E-state index is 0.151. The van der Waals surface area contributed by atoms with Crippen LogP contribution in [0.25, 0.3) is 10.9 Å². The van der Waals surface area contributed by atoms with Gasteiger partial charge in [-0.2, -0.15) is 0 Å². The van der Waals surface area contributed by atoms with Gasteiger partial charge in [0.25, 0.3) is 0 Å². The van der Waals surface area contributed by atoms with Crippen LogP contribution in [0.2, 0.25) is 0 Å². The van der Waals surface area contributed by atoms with Crippen molar-refractivity contribution >= 4 is 16.6 Å². The molecule has 4 heteroatoms. The highest BCUT2D eigenvalue weighted by atomic mass is 19.1. The van der Waals surface area contributed by atoms with Gasteiger partial charge in [-0.25, -0.2) is 13.8 Å². The summed E-state index contributed by atoms with van der Waals surface area (Å²) in [5.41, 5.74) is 1.71. The second-order valence-electron chi connectivity index (χ2n) is 5.76. The highest BCUT2D eigenvalue weighted by molar-refractivity contribution is 5.92. The molecular weight excluding hydrogens is 270 g/mol. The summed E-state index contributed by atoms with van der Waals surface area (Å²) < 4.78 is 28.2. The van der Waals surface area contributed by atoms with E-state index in [4.69, 9.17) is 0 Å². The molecule has 1 aliphatic carbocycles. The third kappa shape index (κ3) is 2.71. The summed E-state index contributed by atoms with van der Waals surface area (Å²) >= 11 is 0. The Balaban J connectivity index is 2.16. The predicted molar refractivity (Wildman–Crippen MR) is 81.6 cm³/mol. The summed E-state index contributed by atoms with van der Waals surface area (Å²) in [5.74, 6) is -0.500. The minimum Gasteiger partial charge on any atom is -0.384 e. The van der Waals surface area contributed by atoms with Gasteiger partial charge in [0.15, 0.2) is 0 Å². The van der Waals surface area contributed by atoms with Gasteiger partial charge >= 0.3 is 0 Å². The van der Waals surface area contributed by atoms with Gasteiger partial charge in [0.1, 0.15) is 17.2 Å². The molecule has 112 valence electrons. The van der Waals surface area contributed by atoms with Crippen LogP contribution < -0.4 is 5.32 Å². The van der Waals surface area contributed by atoms with E-state index in [9.17, 15) is 8.78 Å². The van der Waals surface area contributed by atoms with E-state index in [-0.39, 0.29) is 10.9 Å². The second-order valence-corrected chi connectivity index (χ2v) is 5.76. The monoisotopic (exact) mass is 290 g/mol. The molecule has 0 saturated heterocycles. The first kappa shape index (κ1) is 14.2. The van der Waals surface area contributed by atoms with E-state index < -0.39 is 11.6 Å². The van der Waals surface area contributed by atoms with Crippen molar-refractivity contribution in [1.82, 2.24) is 4.98 Å². The van der Waals surface area contributed by atoms with Gasteiger partial charge in [-0.3, -0.25) is 0 Å². The van der Waals surface area contributed by atoms with Gasteiger partial charge in [0.2, 0.25) is 0 Å². The molecule has 0 bridgehead atoms. The molecule has 0 unspecified atom stereocenters. The SMILES string of the molecule is CCCNc1cc(C2CCCC2)nc2c(F)ccc(F)c12. The Morgan fingerprint density at radius 3 is 2.62 bits per heavy atom. The Kier molecular flexibility index (Phi) is 4.04. The van der Waals surface area contributed by atoms with Gasteiger partial charge in [-0.05, 0) is 37.5 Å². The number of fused-ring (bicyclic) bond motifs is 1. The lowest BCUT2D eigenvalue weighted by Crippen LogP contribution is -2.06. The van der Waals surface area contributed by atoms with Crippen LogP contribution in [-0.4, -0.2) is 11.5 Å². The lowest BCUT2D eigenvalue weighted by Gasteiger charge is -2.15. The summed E-state index contributed by atoms with van der Waals surface area (Å²) in [5, 5.41) is 3.49. The van der Waals surface area contributed by atoms with Gasteiger partial charge in [0, 0.05) is 23.8 Å². The number of nitrogens with zero attached hydrogens (tertiary/aromatic N) is 1. The number of hydrogen-bond acceptors (Lipinski definition) is 2.